The van der Waals surface area contributed by atoms with Gasteiger partial charge in [0.2, 0.25) is 0 Å². The van der Waals surface area contributed by atoms with Gasteiger partial charge in [-0.3, -0.25) is 14.2 Å². The SMILES string of the molecule is CN[C@@H](C)CN(C(=O)C(F)(F)F)[C@H]1COc2ccccc2N(Cc2c(C#N)n(-c3ccccc3C#N)c3ccccc23)C1=O. The molecule has 0 unspecified atom stereocenters. The van der Waals surface area contributed by atoms with E-state index in [0.29, 0.717) is 32.6 Å². The maximum Gasteiger partial charge on any atom is 0.471 e. The van der Waals surface area contributed by atoms with Crippen LogP contribution >= 0.6 is 0 Å². The summed E-state index contributed by atoms with van der Waals surface area (Å²) in [4.78, 5) is 28.7. The summed E-state index contributed by atoms with van der Waals surface area (Å²) in [6.07, 6.45) is -5.23. The van der Waals surface area contributed by atoms with Gasteiger partial charge < -0.3 is 19.9 Å². The van der Waals surface area contributed by atoms with E-state index < -0.39 is 43.2 Å². The Morgan fingerprint density at radius 3 is 2.39 bits per heavy atom. The highest BCUT2D eigenvalue weighted by atomic mass is 19.4. The number of nitrogens with one attached hydrogen (secondary N) is 1. The van der Waals surface area contributed by atoms with Gasteiger partial charge in [0, 0.05) is 23.5 Å². The van der Waals surface area contributed by atoms with Crippen LogP contribution in [0.3, 0.4) is 0 Å². The lowest BCUT2D eigenvalue weighted by Crippen LogP contribution is -2.58. The number of anilines is 1. The zero-order valence-electron chi connectivity index (χ0n) is 23.8. The molecule has 0 radical (unpaired) electrons. The lowest BCUT2D eigenvalue weighted by Gasteiger charge is -2.34. The molecule has 3 aromatic carbocycles. The predicted octanol–water partition coefficient (Wildman–Crippen LogP) is 4.67. The number of benzene rings is 3. The lowest BCUT2D eigenvalue weighted by atomic mass is 10.1. The highest BCUT2D eigenvalue weighted by Gasteiger charge is 2.48. The van der Waals surface area contributed by atoms with Gasteiger partial charge in [-0.1, -0.05) is 42.5 Å². The van der Waals surface area contributed by atoms with Gasteiger partial charge in [0.25, 0.3) is 5.91 Å². The van der Waals surface area contributed by atoms with Crippen LogP contribution in [0.25, 0.3) is 16.6 Å². The normalized spacial score (nSPS) is 15.5. The molecule has 0 bridgehead atoms. The molecule has 0 spiro atoms. The van der Waals surface area contributed by atoms with Crippen LogP contribution in [-0.2, 0) is 16.1 Å². The summed E-state index contributed by atoms with van der Waals surface area (Å²) in [7, 11) is 1.54. The largest absolute Gasteiger partial charge is 0.489 e. The third kappa shape index (κ3) is 5.43. The van der Waals surface area contributed by atoms with Gasteiger partial charge in [-0.25, -0.2) is 0 Å². The Morgan fingerprint density at radius 1 is 1.05 bits per heavy atom. The number of hydrogen-bond acceptors (Lipinski definition) is 6. The van der Waals surface area contributed by atoms with Crippen molar-refractivity contribution in [2.24, 2.45) is 0 Å². The quantitative estimate of drug-likeness (QED) is 0.330. The molecule has 224 valence electrons. The van der Waals surface area contributed by atoms with Crippen molar-refractivity contribution < 1.29 is 27.5 Å². The summed E-state index contributed by atoms with van der Waals surface area (Å²) in [6, 6.07) is 22.5. The molecule has 12 heteroatoms. The summed E-state index contributed by atoms with van der Waals surface area (Å²) in [5, 5.41) is 23.6. The second kappa shape index (κ2) is 12.1. The van der Waals surface area contributed by atoms with E-state index in [0.717, 1.165) is 0 Å². The number of aromatic nitrogens is 1. The summed E-state index contributed by atoms with van der Waals surface area (Å²) in [5.74, 6) is -2.72. The first-order valence-electron chi connectivity index (χ1n) is 13.7. The topological polar surface area (TPSA) is 114 Å². The average molecular weight is 601 g/mol. The van der Waals surface area contributed by atoms with Gasteiger partial charge in [0.1, 0.15) is 36.2 Å². The van der Waals surface area contributed by atoms with E-state index in [-0.39, 0.29) is 23.7 Å². The fourth-order valence-electron chi connectivity index (χ4n) is 5.38. The molecule has 0 saturated heterocycles. The van der Waals surface area contributed by atoms with Crippen molar-refractivity contribution in [3.05, 3.63) is 89.6 Å². The number of hydrogen-bond donors (Lipinski definition) is 1. The third-order valence-corrected chi connectivity index (χ3v) is 7.61. The minimum Gasteiger partial charge on any atom is -0.489 e. The molecule has 1 aliphatic heterocycles. The highest BCUT2D eigenvalue weighted by molar-refractivity contribution is 6.02. The molecule has 44 heavy (non-hydrogen) atoms. The smallest absolute Gasteiger partial charge is 0.471 e. The van der Waals surface area contributed by atoms with Gasteiger partial charge >= 0.3 is 12.1 Å². The number of alkyl halides is 3. The van der Waals surface area contributed by atoms with E-state index in [4.69, 9.17) is 4.74 Å². The number of nitrogens with zero attached hydrogens (tertiary/aromatic N) is 5. The predicted molar refractivity (Wildman–Crippen MR) is 156 cm³/mol. The van der Waals surface area contributed by atoms with Crippen LogP contribution < -0.4 is 15.0 Å². The van der Waals surface area contributed by atoms with E-state index in [9.17, 15) is 33.3 Å². The van der Waals surface area contributed by atoms with E-state index in [1.54, 1.807) is 84.3 Å². The van der Waals surface area contributed by atoms with Crippen molar-refractivity contribution in [2.75, 3.05) is 25.1 Å². The van der Waals surface area contributed by atoms with Crippen molar-refractivity contribution in [2.45, 2.75) is 31.7 Å². The monoisotopic (exact) mass is 600 g/mol. The number of carbonyl (C=O) groups excluding carboxylic acids is 2. The van der Waals surface area contributed by atoms with Crippen LogP contribution in [0.2, 0.25) is 0 Å². The molecule has 2 amide bonds. The third-order valence-electron chi connectivity index (χ3n) is 7.61. The Morgan fingerprint density at radius 2 is 1.70 bits per heavy atom. The standard InChI is InChI=1S/C32H27F3N6O3/c1-20(38-2)17-40(31(43)32(33,34)35)28-19-44-29-14-8-7-13-26(29)39(30(28)42)18-23-22-10-4-6-12-25(22)41(27(23)16-37)24-11-5-3-9-21(24)15-36/h3-14,20,28,38H,17-19H2,1-2H3/t20-,28-/m0/s1. The average Bonchev–Trinajstić information content (AvgIpc) is 3.27. The summed E-state index contributed by atoms with van der Waals surface area (Å²) < 4.78 is 48.9. The van der Waals surface area contributed by atoms with Crippen LogP contribution in [0.5, 0.6) is 5.75 Å². The van der Waals surface area contributed by atoms with Gasteiger partial charge in [-0.2, -0.15) is 23.7 Å². The van der Waals surface area contributed by atoms with Crippen molar-refractivity contribution in [3.63, 3.8) is 0 Å². The molecule has 5 rings (SSSR count). The van der Waals surface area contributed by atoms with E-state index >= 15 is 0 Å². The van der Waals surface area contributed by atoms with Crippen molar-refractivity contribution in [3.8, 4) is 23.6 Å². The maximum absolute atomic E-state index is 14.3. The number of amides is 2. The minimum atomic E-state index is -5.23. The van der Waals surface area contributed by atoms with Crippen molar-refractivity contribution in [1.82, 2.24) is 14.8 Å². The highest BCUT2D eigenvalue weighted by Crippen LogP contribution is 2.37. The minimum absolute atomic E-state index is 0.146. The fraction of sp³-hybridized carbons (Fsp3) is 0.250. The zero-order chi connectivity index (χ0) is 31.6. The molecule has 1 aliphatic rings. The molecule has 0 saturated carbocycles. The zero-order valence-corrected chi connectivity index (χ0v) is 23.8. The van der Waals surface area contributed by atoms with Crippen LogP contribution in [0, 0.1) is 22.7 Å². The van der Waals surface area contributed by atoms with Crippen LogP contribution in [0.15, 0.2) is 72.8 Å². The molecule has 0 aliphatic carbocycles. The molecular weight excluding hydrogens is 573 g/mol. The van der Waals surface area contributed by atoms with Crippen LogP contribution in [0.4, 0.5) is 18.9 Å². The number of fused-ring (bicyclic) bond motifs is 2. The molecule has 2 atom stereocenters. The van der Waals surface area contributed by atoms with Crippen LogP contribution in [-0.4, -0.2) is 59.7 Å². The van der Waals surface area contributed by atoms with Crippen molar-refractivity contribution in [1.29, 1.82) is 10.5 Å². The van der Waals surface area contributed by atoms with Gasteiger partial charge in [-0.05, 0) is 44.3 Å². The fourth-order valence-corrected chi connectivity index (χ4v) is 5.38. The number of carbonyl (C=O) groups is 2. The Labute approximate surface area is 251 Å². The summed E-state index contributed by atoms with van der Waals surface area (Å²) >= 11 is 0. The summed E-state index contributed by atoms with van der Waals surface area (Å²) in [6.45, 7) is 0.453. The Balaban J connectivity index is 1.68. The first-order valence-corrected chi connectivity index (χ1v) is 13.7. The van der Waals surface area contributed by atoms with Crippen LogP contribution in [0.1, 0.15) is 23.7 Å². The van der Waals surface area contributed by atoms with E-state index in [1.807, 2.05) is 0 Å². The van der Waals surface area contributed by atoms with Gasteiger partial charge in [0.15, 0.2) is 0 Å². The number of rotatable bonds is 7. The Bertz CT molecular complexity index is 1820. The first kappa shape index (κ1) is 30.1. The number of para-hydroxylation sites is 4. The Hall–Kier alpha value is -5.33. The Kier molecular flexibility index (Phi) is 8.30. The van der Waals surface area contributed by atoms with Crippen molar-refractivity contribution >= 4 is 28.4 Å². The molecule has 9 nitrogen and oxygen atoms in total. The lowest BCUT2D eigenvalue weighted by molar-refractivity contribution is -0.189. The summed E-state index contributed by atoms with van der Waals surface area (Å²) in [5.41, 5.74) is 2.22. The number of likely N-dealkylation sites (N-methyl/N-ethyl adjacent to an activating group) is 1. The molecule has 4 aromatic rings. The van der Waals surface area contributed by atoms with E-state index in [1.165, 1.54) is 11.9 Å². The van der Waals surface area contributed by atoms with E-state index in [2.05, 4.69) is 17.5 Å². The molecule has 2 heterocycles. The molecule has 1 aromatic heterocycles. The second-order valence-corrected chi connectivity index (χ2v) is 10.3. The van der Waals surface area contributed by atoms with Gasteiger partial charge in [-0.15, -0.1) is 0 Å². The number of halogens is 3. The van der Waals surface area contributed by atoms with Gasteiger partial charge in [0.05, 0.1) is 29.0 Å². The number of ether oxygens (including phenoxy) is 1. The first-order chi connectivity index (χ1) is 21.1. The number of nitriles is 2. The second-order valence-electron chi connectivity index (χ2n) is 10.3. The molecule has 0 fully saturated rings. The maximum atomic E-state index is 14.3. The molecular formula is C32H27F3N6O3. The molecule has 1 N–H and O–H groups in total.